The van der Waals surface area contributed by atoms with E-state index < -0.39 is 0 Å². The Morgan fingerprint density at radius 1 is 1.50 bits per heavy atom. The standard InChI is InChI=1S/C14H19N3O2S/c1-3-7-15-13(18)6-8-17-12-9-10(19-2)4-5-11(12)16-14(17)20/h4-5,9H,3,6-8H2,1-2H3,(H,15,18)(H,16,20). The maximum Gasteiger partial charge on any atom is 0.221 e. The van der Waals surface area contributed by atoms with Gasteiger partial charge in [0.1, 0.15) is 5.75 Å². The summed E-state index contributed by atoms with van der Waals surface area (Å²) in [7, 11) is 1.63. The normalized spacial score (nSPS) is 10.7. The van der Waals surface area contributed by atoms with Gasteiger partial charge in [0.05, 0.1) is 18.1 Å². The number of fused-ring (bicyclic) bond motifs is 1. The highest BCUT2D eigenvalue weighted by Gasteiger charge is 2.08. The molecule has 108 valence electrons. The number of benzene rings is 1. The average molecular weight is 293 g/mol. The van der Waals surface area contributed by atoms with Crippen LogP contribution >= 0.6 is 12.2 Å². The molecule has 0 fully saturated rings. The molecule has 0 atom stereocenters. The third-order valence-electron chi connectivity index (χ3n) is 3.12. The average Bonchev–Trinajstić information content (AvgIpc) is 2.77. The lowest BCUT2D eigenvalue weighted by atomic mass is 10.3. The lowest BCUT2D eigenvalue weighted by molar-refractivity contribution is -0.121. The monoisotopic (exact) mass is 293 g/mol. The predicted molar refractivity (Wildman–Crippen MR) is 81.6 cm³/mol. The van der Waals surface area contributed by atoms with E-state index in [4.69, 9.17) is 17.0 Å². The minimum absolute atomic E-state index is 0.0472. The number of aryl methyl sites for hydroxylation is 1. The smallest absolute Gasteiger partial charge is 0.221 e. The van der Waals surface area contributed by atoms with E-state index in [1.54, 1.807) is 7.11 Å². The molecule has 0 aliphatic carbocycles. The predicted octanol–water partition coefficient (Wildman–Crippen LogP) is 2.62. The number of nitrogens with zero attached hydrogens (tertiary/aromatic N) is 1. The van der Waals surface area contributed by atoms with Crippen LogP contribution in [0.5, 0.6) is 5.75 Å². The van der Waals surface area contributed by atoms with Gasteiger partial charge in [0.15, 0.2) is 4.77 Å². The zero-order valence-corrected chi connectivity index (χ0v) is 12.5. The summed E-state index contributed by atoms with van der Waals surface area (Å²) < 4.78 is 7.78. The van der Waals surface area contributed by atoms with Crippen LogP contribution in [-0.4, -0.2) is 29.1 Å². The lowest BCUT2D eigenvalue weighted by Crippen LogP contribution is -2.25. The molecule has 0 bridgehead atoms. The van der Waals surface area contributed by atoms with Gasteiger partial charge in [-0.3, -0.25) is 4.79 Å². The van der Waals surface area contributed by atoms with E-state index in [1.165, 1.54) is 0 Å². The highest BCUT2D eigenvalue weighted by Crippen LogP contribution is 2.20. The molecule has 1 heterocycles. The molecule has 1 aromatic heterocycles. The van der Waals surface area contributed by atoms with Crippen LogP contribution in [-0.2, 0) is 11.3 Å². The minimum atomic E-state index is 0.0472. The lowest BCUT2D eigenvalue weighted by Gasteiger charge is -2.06. The number of carbonyl (C=O) groups is 1. The molecule has 6 heteroatoms. The fourth-order valence-electron chi connectivity index (χ4n) is 2.05. The highest BCUT2D eigenvalue weighted by molar-refractivity contribution is 7.71. The van der Waals surface area contributed by atoms with Crippen molar-refractivity contribution in [1.82, 2.24) is 14.9 Å². The van der Waals surface area contributed by atoms with Gasteiger partial charge in [0.25, 0.3) is 0 Å². The van der Waals surface area contributed by atoms with Gasteiger partial charge < -0.3 is 19.6 Å². The Bertz CT molecular complexity index is 660. The molecular formula is C14H19N3O2S. The van der Waals surface area contributed by atoms with Crippen LogP contribution in [0.3, 0.4) is 0 Å². The van der Waals surface area contributed by atoms with Crippen molar-refractivity contribution in [1.29, 1.82) is 0 Å². The summed E-state index contributed by atoms with van der Waals surface area (Å²) in [5.41, 5.74) is 1.91. The number of H-pyrrole nitrogens is 1. The van der Waals surface area contributed by atoms with Crippen molar-refractivity contribution < 1.29 is 9.53 Å². The van der Waals surface area contributed by atoms with Gasteiger partial charge in [-0.2, -0.15) is 0 Å². The molecular weight excluding hydrogens is 274 g/mol. The van der Waals surface area contributed by atoms with E-state index in [2.05, 4.69) is 10.3 Å². The third kappa shape index (κ3) is 3.19. The number of rotatable bonds is 6. The second-order valence-electron chi connectivity index (χ2n) is 4.56. The van der Waals surface area contributed by atoms with Gasteiger partial charge in [0.2, 0.25) is 5.91 Å². The fourth-order valence-corrected chi connectivity index (χ4v) is 2.35. The van der Waals surface area contributed by atoms with Crippen molar-refractivity contribution in [3.8, 4) is 5.75 Å². The van der Waals surface area contributed by atoms with Crippen LogP contribution < -0.4 is 10.1 Å². The zero-order chi connectivity index (χ0) is 14.5. The molecule has 2 rings (SSSR count). The van der Waals surface area contributed by atoms with E-state index in [0.717, 1.165) is 23.2 Å². The van der Waals surface area contributed by atoms with Crippen LogP contribution in [0.1, 0.15) is 19.8 Å². The molecule has 0 radical (unpaired) electrons. The topological polar surface area (TPSA) is 59.0 Å². The van der Waals surface area contributed by atoms with E-state index >= 15 is 0 Å². The van der Waals surface area contributed by atoms with Gasteiger partial charge in [-0.1, -0.05) is 6.92 Å². The number of hydrogen-bond acceptors (Lipinski definition) is 3. The minimum Gasteiger partial charge on any atom is -0.497 e. The van der Waals surface area contributed by atoms with Crippen molar-refractivity contribution in [3.63, 3.8) is 0 Å². The first-order valence-electron chi connectivity index (χ1n) is 6.69. The van der Waals surface area contributed by atoms with Gasteiger partial charge >= 0.3 is 0 Å². The maximum absolute atomic E-state index is 11.7. The molecule has 1 amide bonds. The number of imidazole rings is 1. The van der Waals surface area contributed by atoms with Gasteiger partial charge in [-0.05, 0) is 30.8 Å². The zero-order valence-electron chi connectivity index (χ0n) is 11.7. The largest absolute Gasteiger partial charge is 0.497 e. The molecule has 0 spiro atoms. The molecule has 0 saturated heterocycles. The van der Waals surface area contributed by atoms with Crippen LogP contribution in [0.15, 0.2) is 18.2 Å². The molecule has 0 saturated carbocycles. The van der Waals surface area contributed by atoms with Crippen molar-refractivity contribution in [2.24, 2.45) is 0 Å². The molecule has 5 nitrogen and oxygen atoms in total. The third-order valence-corrected chi connectivity index (χ3v) is 3.44. The molecule has 0 aliphatic rings. The molecule has 2 N–H and O–H groups in total. The SMILES string of the molecule is CCCNC(=O)CCn1c(=S)[nH]c2ccc(OC)cc21. The molecule has 1 aromatic carbocycles. The Balaban J connectivity index is 2.18. The Kier molecular flexibility index (Phi) is 4.79. The fraction of sp³-hybridized carbons (Fsp3) is 0.429. The number of ether oxygens (including phenoxy) is 1. The van der Waals surface area contributed by atoms with Crippen molar-refractivity contribution in [3.05, 3.63) is 23.0 Å². The number of carbonyl (C=O) groups excluding carboxylic acids is 1. The Labute approximate surface area is 122 Å². The van der Waals surface area contributed by atoms with E-state index in [-0.39, 0.29) is 5.91 Å². The van der Waals surface area contributed by atoms with Crippen molar-refractivity contribution >= 4 is 29.2 Å². The number of nitrogens with one attached hydrogen (secondary N) is 2. The number of aromatic amines is 1. The first kappa shape index (κ1) is 14.6. The summed E-state index contributed by atoms with van der Waals surface area (Å²) >= 11 is 5.31. The Hall–Kier alpha value is -1.82. The number of methoxy groups -OCH3 is 1. The van der Waals surface area contributed by atoms with Gasteiger partial charge in [-0.25, -0.2) is 0 Å². The molecule has 0 unspecified atom stereocenters. The number of aromatic nitrogens is 2. The molecule has 2 aromatic rings. The van der Waals surface area contributed by atoms with Crippen LogP contribution in [0.2, 0.25) is 0 Å². The van der Waals surface area contributed by atoms with E-state index in [1.807, 2.05) is 29.7 Å². The quantitative estimate of drug-likeness (QED) is 0.805. The highest BCUT2D eigenvalue weighted by atomic mass is 32.1. The second kappa shape index (κ2) is 6.56. The van der Waals surface area contributed by atoms with Crippen molar-refractivity contribution in [2.45, 2.75) is 26.3 Å². The molecule has 20 heavy (non-hydrogen) atoms. The summed E-state index contributed by atoms with van der Waals surface area (Å²) in [6.07, 6.45) is 1.36. The van der Waals surface area contributed by atoms with Gasteiger partial charge in [0, 0.05) is 25.6 Å². The number of hydrogen-bond donors (Lipinski definition) is 2. The first-order valence-corrected chi connectivity index (χ1v) is 7.09. The van der Waals surface area contributed by atoms with E-state index in [9.17, 15) is 4.79 Å². The summed E-state index contributed by atoms with van der Waals surface area (Å²) in [5, 5.41) is 2.86. The van der Waals surface area contributed by atoms with Crippen LogP contribution in [0.25, 0.3) is 11.0 Å². The van der Waals surface area contributed by atoms with Crippen LogP contribution in [0, 0.1) is 4.77 Å². The maximum atomic E-state index is 11.7. The summed E-state index contributed by atoms with van der Waals surface area (Å²) in [5.74, 6) is 0.821. The van der Waals surface area contributed by atoms with Crippen LogP contribution in [0.4, 0.5) is 0 Å². The van der Waals surface area contributed by atoms with Crippen molar-refractivity contribution in [2.75, 3.05) is 13.7 Å². The molecule has 0 aliphatic heterocycles. The first-order chi connectivity index (χ1) is 9.65. The van der Waals surface area contributed by atoms with E-state index in [0.29, 0.717) is 24.3 Å². The number of amides is 1. The van der Waals surface area contributed by atoms with Gasteiger partial charge in [-0.15, -0.1) is 0 Å². The Morgan fingerprint density at radius 2 is 2.30 bits per heavy atom. The summed E-state index contributed by atoms with van der Waals surface area (Å²) in [4.78, 5) is 14.8. The second-order valence-corrected chi connectivity index (χ2v) is 4.95. The Morgan fingerprint density at radius 3 is 3.00 bits per heavy atom. The summed E-state index contributed by atoms with van der Waals surface area (Å²) in [6, 6.07) is 5.73. The summed E-state index contributed by atoms with van der Waals surface area (Å²) in [6.45, 7) is 3.30.